The Kier molecular flexibility index (Phi) is 5.03. The van der Waals surface area contributed by atoms with Gasteiger partial charge in [-0.1, -0.05) is 27.7 Å². The number of carbonyl (C=O) groups is 1. The number of ketones is 1. The van der Waals surface area contributed by atoms with Crippen molar-refractivity contribution in [2.45, 2.75) is 85.2 Å². The molecule has 0 saturated heterocycles. The molecule has 0 aromatic carbocycles. The monoisotopic (exact) mass is 376 g/mol. The van der Waals surface area contributed by atoms with Gasteiger partial charge >= 0.3 is 0 Å². The zero-order chi connectivity index (χ0) is 19.6. The molecule has 0 amide bonds. The fraction of sp³-hybridized carbons (Fsp3) is 0.958. The summed E-state index contributed by atoms with van der Waals surface area (Å²) < 4.78 is 0. The summed E-state index contributed by atoms with van der Waals surface area (Å²) in [6.45, 7) is 9.54. The molecular formula is C24H40O3. The normalized spacial score (nSPS) is 53.4. The Morgan fingerprint density at radius 1 is 1.04 bits per heavy atom. The van der Waals surface area contributed by atoms with Crippen LogP contribution in [0.5, 0.6) is 0 Å². The maximum absolute atomic E-state index is 13.8. The molecule has 10 atom stereocenters. The topological polar surface area (TPSA) is 57.5 Å². The van der Waals surface area contributed by atoms with Crippen LogP contribution in [0.2, 0.25) is 0 Å². The summed E-state index contributed by atoms with van der Waals surface area (Å²) in [7, 11) is 0. The van der Waals surface area contributed by atoms with Crippen molar-refractivity contribution in [3.05, 3.63) is 0 Å². The van der Waals surface area contributed by atoms with E-state index in [1.807, 2.05) is 0 Å². The van der Waals surface area contributed by atoms with E-state index in [0.717, 1.165) is 38.5 Å². The zero-order valence-corrected chi connectivity index (χ0v) is 17.8. The van der Waals surface area contributed by atoms with Crippen LogP contribution in [-0.2, 0) is 4.79 Å². The molecule has 4 aliphatic rings. The first-order chi connectivity index (χ1) is 12.8. The van der Waals surface area contributed by atoms with Crippen LogP contribution in [0.4, 0.5) is 0 Å². The highest BCUT2D eigenvalue weighted by atomic mass is 16.3. The Labute approximate surface area is 165 Å². The van der Waals surface area contributed by atoms with E-state index in [9.17, 15) is 15.0 Å². The number of aliphatic hydroxyl groups is 2. The quantitative estimate of drug-likeness (QED) is 0.765. The predicted molar refractivity (Wildman–Crippen MR) is 107 cm³/mol. The molecule has 4 rings (SSSR count). The summed E-state index contributed by atoms with van der Waals surface area (Å²) >= 11 is 0. The number of fused-ring (bicyclic) bond motifs is 5. The lowest BCUT2D eigenvalue weighted by Gasteiger charge is -2.62. The van der Waals surface area contributed by atoms with Crippen LogP contribution >= 0.6 is 0 Å². The Hall–Kier alpha value is -0.410. The summed E-state index contributed by atoms with van der Waals surface area (Å²) in [6.07, 6.45) is 8.26. The summed E-state index contributed by atoms with van der Waals surface area (Å²) in [5.74, 6) is 3.17. The van der Waals surface area contributed by atoms with Crippen LogP contribution in [0.25, 0.3) is 0 Å². The van der Waals surface area contributed by atoms with E-state index < -0.39 is 0 Å². The van der Waals surface area contributed by atoms with Crippen LogP contribution in [0.3, 0.4) is 0 Å². The van der Waals surface area contributed by atoms with Crippen molar-refractivity contribution in [1.82, 2.24) is 0 Å². The summed E-state index contributed by atoms with van der Waals surface area (Å²) in [6, 6.07) is 0. The second-order valence-corrected chi connectivity index (χ2v) is 11.1. The third-order valence-electron chi connectivity index (χ3n) is 10.2. The van der Waals surface area contributed by atoms with Gasteiger partial charge in [0.1, 0.15) is 5.78 Å². The zero-order valence-electron chi connectivity index (χ0n) is 17.8. The molecule has 4 aliphatic carbocycles. The van der Waals surface area contributed by atoms with Crippen molar-refractivity contribution in [3.63, 3.8) is 0 Å². The molecule has 0 bridgehead atoms. The molecule has 154 valence electrons. The molecule has 2 N–H and O–H groups in total. The number of hydrogen-bond donors (Lipinski definition) is 2. The fourth-order valence-electron chi connectivity index (χ4n) is 8.74. The molecule has 0 aromatic rings. The summed E-state index contributed by atoms with van der Waals surface area (Å²) in [5, 5.41) is 20.1. The lowest BCUT2D eigenvalue weighted by atomic mass is 9.42. The molecule has 4 saturated carbocycles. The summed E-state index contributed by atoms with van der Waals surface area (Å²) in [5.41, 5.74) is 0.440. The van der Waals surface area contributed by atoms with E-state index in [4.69, 9.17) is 0 Å². The van der Waals surface area contributed by atoms with Crippen molar-refractivity contribution in [3.8, 4) is 0 Å². The highest BCUT2D eigenvalue weighted by Gasteiger charge is 2.64. The van der Waals surface area contributed by atoms with Crippen LogP contribution < -0.4 is 0 Å². The Morgan fingerprint density at radius 3 is 2.37 bits per heavy atom. The third kappa shape index (κ3) is 2.70. The minimum absolute atomic E-state index is 0.142. The van der Waals surface area contributed by atoms with Gasteiger partial charge in [-0.05, 0) is 91.8 Å². The van der Waals surface area contributed by atoms with Gasteiger partial charge in [-0.15, -0.1) is 0 Å². The van der Waals surface area contributed by atoms with E-state index in [-0.39, 0.29) is 35.4 Å². The predicted octanol–water partition coefficient (Wildman–Crippen LogP) is 4.45. The highest BCUT2D eigenvalue weighted by molar-refractivity contribution is 5.86. The number of Topliss-reactive ketones (excluding diaryl/α,β-unsaturated/α-hetero) is 1. The van der Waals surface area contributed by atoms with E-state index >= 15 is 0 Å². The van der Waals surface area contributed by atoms with Crippen molar-refractivity contribution in [2.24, 2.45) is 52.3 Å². The maximum Gasteiger partial charge on any atom is 0.139 e. The van der Waals surface area contributed by atoms with Gasteiger partial charge < -0.3 is 10.2 Å². The SMILES string of the molecule is CC[C@H]1C(=O)C2C(CC[C@@]3(C)C2CC[C@@H]3[C@H](C)CO)[C@@]2(C)CC[C@@H](O)CC12. The second-order valence-electron chi connectivity index (χ2n) is 11.1. The fourth-order valence-corrected chi connectivity index (χ4v) is 8.74. The van der Waals surface area contributed by atoms with Crippen molar-refractivity contribution in [1.29, 1.82) is 0 Å². The average Bonchev–Trinajstić information content (AvgIpc) is 3.00. The molecule has 0 radical (unpaired) electrons. The van der Waals surface area contributed by atoms with Gasteiger partial charge in [0.25, 0.3) is 0 Å². The van der Waals surface area contributed by atoms with Crippen molar-refractivity contribution >= 4 is 5.78 Å². The Balaban J connectivity index is 1.70. The van der Waals surface area contributed by atoms with Crippen LogP contribution in [0.1, 0.15) is 79.1 Å². The number of aliphatic hydroxyl groups excluding tert-OH is 2. The van der Waals surface area contributed by atoms with Gasteiger partial charge in [0.05, 0.1) is 6.10 Å². The molecule has 3 nitrogen and oxygen atoms in total. The third-order valence-corrected chi connectivity index (χ3v) is 10.2. The van der Waals surface area contributed by atoms with Gasteiger partial charge in [-0.2, -0.15) is 0 Å². The van der Waals surface area contributed by atoms with E-state index in [2.05, 4.69) is 27.7 Å². The van der Waals surface area contributed by atoms with Crippen molar-refractivity contribution in [2.75, 3.05) is 6.61 Å². The largest absolute Gasteiger partial charge is 0.396 e. The smallest absolute Gasteiger partial charge is 0.139 e. The molecule has 27 heavy (non-hydrogen) atoms. The number of carbonyl (C=O) groups excluding carboxylic acids is 1. The number of rotatable bonds is 3. The van der Waals surface area contributed by atoms with Gasteiger partial charge in [-0.3, -0.25) is 4.79 Å². The Morgan fingerprint density at radius 2 is 1.70 bits per heavy atom. The van der Waals surface area contributed by atoms with Crippen LogP contribution in [-0.4, -0.2) is 28.7 Å². The standard InChI is InChI=1S/C24H40O3/c1-5-16-20-12-15(26)8-10-24(20,4)19-9-11-23(3)17(14(2)13-25)6-7-18(23)21(19)22(16)27/h14-21,25-26H,5-13H2,1-4H3/t14-,15-,16-,17-,18?,19?,20?,21?,23-,24-/m1/s1. The van der Waals surface area contributed by atoms with E-state index in [1.54, 1.807) is 0 Å². The first kappa shape index (κ1) is 19.9. The van der Waals surface area contributed by atoms with Gasteiger partial charge in [-0.25, -0.2) is 0 Å². The minimum atomic E-state index is -0.211. The molecule has 4 unspecified atom stereocenters. The molecule has 0 aliphatic heterocycles. The lowest BCUT2D eigenvalue weighted by Crippen LogP contribution is -2.60. The first-order valence-corrected chi connectivity index (χ1v) is 11.6. The Bertz CT molecular complexity index is 588. The van der Waals surface area contributed by atoms with Gasteiger partial charge in [0.2, 0.25) is 0 Å². The van der Waals surface area contributed by atoms with Crippen LogP contribution in [0, 0.1) is 52.3 Å². The summed E-state index contributed by atoms with van der Waals surface area (Å²) in [4.78, 5) is 13.8. The molecular weight excluding hydrogens is 336 g/mol. The molecule has 0 aromatic heterocycles. The second kappa shape index (κ2) is 6.83. The average molecular weight is 377 g/mol. The van der Waals surface area contributed by atoms with Crippen LogP contribution in [0.15, 0.2) is 0 Å². The van der Waals surface area contributed by atoms with Crippen molar-refractivity contribution < 1.29 is 15.0 Å². The van der Waals surface area contributed by atoms with Gasteiger partial charge in [0, 0.05) is 18.4 Å². The van der Waals surface area contributed by atoms with E-state index in [1.165, 1.54) is 12.8 Å². The maximum atomic E-state index is 13.8. The van der Waals surface area contributed by atoms with E-state index in [0.29, 0.717) is 35.4 Å². The number of hydrogen-bond acceptors (Lipinski definition) is 3. The minimum Gasteiger partial charge on any atom is -0.396 e. The first-order valence-electron chi connectivity index (χ1n) is 11.6. The van der Waals surface area contributed by atoms with Gasteiger partial charge in [0.15, 0.2) is 0 Å². The molecule has 4 fully saturated rings. The molecule has 0 spiro atoms. The lowest BCUT2D eigenvalue weighted by molar-refractivity contribution is -0.173. The molecule has 3 heteroatoms. The molecule has 0 heterocycles. The highest BCUT2D eigenvalue weighted by Crippen LogP contribution is 2.68.